The lowest BCUT2D eigenvalue weighted by molar-refractivity contribution is -0.157. The molecule has 104 valence electrons. The Hall–Kier alpha value is -1.39. The second kappa shape index (κ2) is 6.68. The van der Waals surface area contributed by atoms with Crippen LogP contribution < -0.4 is 5.32 Å². The first-order chi connectivity index (χ1) is 9.27. The van der Waals surface area contributed by atoms with E-state index in [0.29, 0.717) is 26.4 Å². The van der Waals surface area contributed by atoms with Gasteiger partial charge in [-0.05, 0) is 25.3 Å². The van der Waals surface area contributed by atoms with Crippen molar-refractivity contribution in [2.75, 3.05) is 19.8 Å². The molecule has 1 saturated heterocycles. The van der Waals surface area contributed by atoms with Crippen molar-refractivity contribution in [1.29, 1.82) is 0 Å². The fraction of sp³-hybridized carbons (Fsp3) is 0.533. The number of carbonyl (C=O) groups is 1. The first-order valence-electron chi connectivity index (χ1n) is 6.81. The predicted molar refractivity (Wildman–Crippen MR) is 72.7 cm³/mol. The minimum Gasteiger partial charge on any atom is -0.465 e. The molecule has 1 atom stereocenters. The molecule has 0 bridgehead atoms. The van der Waals surface area contributed by atoms with E-state index in [-0.39, 0.29) is 5.97 Å². The number of esters is 1. The Morgan fingerprint density at radius 1 is 1.42 bits per heavy atom. The van der Waals surface area contributed by atoms with Crippen molar-refractivity contribution in [2.24, 2.45) is 0 Å². The van der Waals surface area contributed by atoms with Crippen LogP contribution in [0.2, 0.25) is 0 Å². The van der Waals surface area contributed by atoms with Gasteiger partial charge in [0.25, 0.3) is 0 Å². The zero-order chi connectivity index (χ0) is 13.6. The molecule has 0 aromatic heterocycles. The number of carbonyl (C=O) groups excluding carboxylic acids is 1. The average molecular weight is 263 g/mol. The van der Waals surface area contributed by atoms with Crippen LogP contribution in [0.1, 0.15) is 25.3 Å². The summed E-state index contributed by atoms with van der Waals surface area (Å²) >= 11 is 0. The lowest BCUT2D eigenvalue weighted by Gasteiger charge is -2.35. The molecule has 4 heteroatoms. The Bertz CT molecular complexity index is 399. The van der Waals surface area contributed by atoms with Crippen LogP contribution in [-0.4, -0.2) is 31.3 Å². The number of nitrogens with one attached hydrogen (secondary N) is 1. The van der Waals surface area contributed by atoms with E-state index in [1.165, 1.54) is 0 Å². The van der Waals surface area contributed by atoms with Crippen molar-refractivity contribution < 1.29 is 14.3 Å². The lowest BCUT2D eigenvalue weighted by Crippen LogP contribution is -2.57. The van der Waals surface area contributed by atoms with Gasteiger partial charge in [0.1, 0.15) is 5.54 Å². The van der Waals surface area contributed by atoms with Crippen molar-refractivity contribution in [3.8, 4) is 0 Å². The second-order valence-electron chi connectivity index (χ2n) is 4.80. The van der Waals surface area contributed by atoms with Gasteiger partial charge in [-0.15, -0.1) is 0 Å². The minimum absolute atomic E-state index is 0.203. The molecule has 19 heavy (non-hydrogen) atoms. The third kappa shape index (κ3) is 3.55. The van der Waals surface area contributed by atoms with Crippen LogP contribution >= 0.6 is 0 Å². The van der Waals surface area contributed by atoms with Crippen molar-refractivity contribution in [3.05, 3.63) is 35.9 Å². The van der Waals surface area contributed by atoms with Crippen LogP contribution in [0.3, 0.4) is 0 Å². The molecule has 0 spiro atoms. The molecule has 0 saturated carbocycles. The van der Waals surface area contributed by atoms with E-state index in [4.69, 9.17) is 9.47 Å². The molecule has 4 nitrogen and oxygen atoms in total. The molecule has 0 radical (unpaired) electrons. The number of rotatable bonds is 5. The Morgan fingerprint density at radius 2 is 2.21 bits per heavy atom. The molecule has 1 aliphatic heterocycles. The number of benzene rings is 1. The van der Waals surface area contributed by atoms with Gasteiger partial charge < -0.3 is 9.47 Å². The van der Waals surface area contributed by atoms with Gasteiger partial charge in [0.2, 0.25) is 0 Å². The SMILES string of the molecule is CCOC(=O)C1(NCc2ccccc2)CCCOC1. The molecule has 1 fully saturated rings. The fourth-order valence-corrected chi connectivity index (χ4v) is 2.30. The summed E-state index contributed by atoms with van der Waals surface area (Å²) in [6.45, 7) is 3.97. The zero-order valence-electron chi connectivity index (χ0n) is 11.4. The number of hydrogen-bond donors (Lipinski definition) is 1. The fourth-order valence-electron chi connectivity index (χ4n) is 2.30. The molecular formula is C15H21NO3. The van der Waals surface area contributed by atoms with E-state index in [1.807, 2.05) is 37.3 Å². The predicted octanol–water partition coefficient (Wildman–Crippen LogP) is 1.89. The molecule has 1 unspecified atom stereocenters. The second-order valence-corrected chi connectivity index (χ2v) is 4.80. The maximum absolute atomic E-state index is 12.2. The summed E-state index contributed by atoms with van der Waals surface area (Å²) in [5, 5.41) is 3.34. The lowest BCUT2D eigenvalue weighted by atomic mass is 9.92. The molecule has 1 aromatic carbocycles. The maximum Gasteiger partial charge on any atom is 0.328 e. The largest absolute Gasteiger partial charge is 0.465 e. The summed E-state index contributed by atoms with van der Waals surface area (Å²) in [6.07, 6.45) is 1.64. The summed E-state index contributed by atoms with van der Waals surface area (Å²) < 4.78 is 10.7. The van der Waals surface area contributed by atoms with Gasteiger partial charge in [-0.25, -0.2) is 4.79 Å². The van der Waals surface area contributed by atoms with E-state index < -0.39 is 5.54 Å². The first kappa shape index (κ1) is 14.0. The van der Waals surface area contributed by atoms with Crippen LogP contribution in [0.25, 0.3) is 0 Å². The number of hydrogen-bond acceptors (Lipinski definition) is 4. The van der Waals surface area contributed by atoms with Crippen LogP contribution in [-0.2, 0) is 20.8 Å². The quantitative estimate of drug-likeness (QED) is 0.824. The summed E-state index contributed by atoms with van der Waals surface area (Å²) in [5.74, 6) is -0.203. The molecule has 1 N–H and O–H groups in total. The molecule has 1 aromatic rings. The monoisotopic (exact) mass is 263 g/mol. The molecule has 0 aliphatic carbocycles. The molecule has 0 amide bonds. The van der Waals surface area contributed by atoms with E-state index in [9.17, 15) is 4.79 Å². The van der Waals surface area contributed by atoms with E-state index >= 15 is 0 Å². The first-order valence-corrected chi connectivity index (χ1v) is 6.81. The van der Waals surface area contributed by atoms with E-state index in [0.717, 1.165) is 18.4 Å². The number of ether oxygens (including phenoxy) is 2. The van der Waals surface area contributed by atoms with Crippen molar-refractivity contribution in [2.45, 2.75) is 31.8 Å². The van der Waals surface area contributed by atoms with Gasteiger partial charge in [0, 0.05) is 13.2 Å². The highest BCUT2D eigenvalue weighted by molar-refractivity contribution is 5.81. The zero-order valence-corrected chi connectivity index (χ0v) is 11.4. The molecular weight excluding hydrogens is 242 g/mol. The Kier molecular flexibility index (Phi) is 4.93. The normalized spacial score (nSPS) is 23.0. The van der Waals surface area contributed by atoms with Gasteiger partial charge in [-0.3, -0.25) is 5.32 Å². The van der Waals surface area contributed by atoms with Crippen LogP contribution in [0.5, 0.6) is 0 Å². The highest BCUT2D eigenvalue weighted by atomic mass is 16.5. The van der Waals surface area contributed by atoms with Crippen molar-refractivity contribution >= 4 is 5.97 Å². The third-order valence-corrected chi connectivity index (χ3v) is 3.38. The van der Waals surface area contributed by atoms with Gasteiger partial charge in [0.05, 0.1) is 13.2 Å². The van der Waals surface area contributed by atoms with E-state index in [2.05, 4.69) is 5.32 Å². The minimum atomic E-state index is -0.690. The van der Waals surface area contributed by atoms with Crippen LogP contribution in [0, 0.1) is 0 Å². The highest BCUT2D eigenvalue weighted by Gasteiger charge is 2.41. The average Bonchev–Trinajstić information content (AvgIpc) is 2.47. The summed E-state index contributed by atoms with van der Waals surface area (Å²) in [5.41, 5.74) is 0.459. The van der Waals surface area contributed by atoms with Crippen LogP contribution in [0.15, 0.2) is 30.3 Å². The summed E-state index contributed by atoms with van der Waals surface area (Å²) in [7, 11) is 0. The Labute approximate surface area is 114 Å². The topological polar surface area (TPSA) is 47.6 Å². The Balaban J connectivity index is 2.03. The Morgan fingerprint density at radius 3 is 2.84 bits per heavy atom. The van der Waals surface area contributed by atoms with Crippen LogP contribution in [0.4, 0.5) is 0 Å². The molecule has 1 heterocycles. The smallest absolute Gasteiger partial charge is 0.328 e. The van der Waals surface area contributed by atoms with Gasteiger partial charge in [0.15, 0.2) is 0 Å². The standard InChI is InChI=1S/C15H21NO3/c1-2-19-14(17)15(9-6-10-18-12-15)16-11-13-7-4-3-5-8-13/h3-5,7-8,16H,2,6,9-12H2,1H3. The van der Waals surface area contributed by atoms with Crippen molar-refractivity contribution in [1.82, 2.24) is 5.32 Å². The van der Waals surface area contributed by atoms with E-state index in [1.54, 1.807) is 0 Å². The van der Waals surface area contributed by atoms with Crippen molar-refractivity contribution in [3.63, 3.8) is 0 Å². The summed E-state index contributed by atoms with van der Waals surface area (Å²) in [6, 6.07) is 10.0. The highest BCUT2D eigenvalue weighted by Crippen LogP contribution is 2.21. The maximum atomic E-state index is 12.2. The van der Waals surface area contributed by atoms with Gasteiger partial charge in [-0.1, -0.05) is 30.3 Å². The summed E-state index contributed by atoms with van der Waals surface area (Å²) in [4.78, 5) is 12.2. The third-order valence-electron chi connectivity index (χ3n) is 3.38. The van der Waals surface area contributed by atoms with Gasteiger partial charge in [-0.2, -0.15) is 0 Å². The molecule has 1 aliphatic rings. The van der Waals surface area contributed by atoms with Gasteiger partial charge >= 0.3 is 5.97 Å². The molecule has 2 rings (SSSR count).